The Labute approximate surface area is 145 Å². The zero-order valence-corrected chi connectivity index (χ0v) is 14.0. The number of carbonyl (C=O) groups excluding carboxylic acids is 1. The average Bonchev–Trinajstić information content (AvgIpc) is 3.10. The molecule has 7 nitrogen and oxygen atoms in total. The number of hydrogen-bond donors (Lipinski definition) is 1. The van der Waals surface area contributed by atoms with Crippen LogP contribution in [-0.4, -0.2) is 38.0 Å². The highest BCUT2D eigenvalue weighted by molar-refractivity contribution is 5.93. The second-order valence-corrected chi connectivity index (χ2v) is 5.62. The van der Waals surface area contributed by atoms with Gasteiger partial charge in [-0.3, -0.25) is 9.89 Å². The summed E-state index contributed by atoms with van der Waals surface area (Å²) in [6.07, 6.45) is 3.33. The summed E-state index contributed by atoms with van der Waals surface area (Å²) in [4.78, 5) is 24.9. The fourth-order valence-electron chi connectivity index (χ4n) is 2.46. The van der Waals surface area contributed by atoms with Crippen LogP contribution < -0.4 is 0 Å². The topological polar surface area (TPSA) is 93.7 Å². The summed E-state index contributed by atoms with van der Waals surface area (Å²) in [5.74, 6) is 0.486. The minimum Gasteiger partial charge on any atom is -0.377 e. The van der Waals surface area contributed by atoms with Crippen molar-refractivity contribution in [2.45, 2.75) is 25.9 Å². The maximum atomic E-state index is 12.3. The number of aryl methyl sites for hydroxylation is 2. The molecule has 0 spiro atoms. The molecule has 1 aromatic carbocycles. The van der Waals surface area contributed by atoms with Gasteiger partial charge in [-0.05, 0) is 24.5 Å². The molecule has 0 atom stereocenters. The van der Waals surface area contributed by atoms with Gasteiger partial charge in [0.2, 0.25) is 11.6 Å². The minimum atomic E-state index is -0.189. The molecule has 0 aliphatic carbocycles. The number of ketones is 1. The molecule has 128 valence electrons. The van der Waals surface area contributed by atoms with Crippen molar-refractivity contribution in [1.82, 2.24) is 25.1 Å². The van der Waals surface area contributed by atoms with Crippen molar-refractivity contribution in [3.63, 3.8) is 0 Å². The molecule has 1 N–H and O–H groups in total. The van der Waals surface area contributed by atoms with Crippen molar-refractivity contribution in [3.05, 3.63) is 71.3 Å². The van der Waals surface area contributed by atoms with E-state index in [1.54, 1.807) is 7.11 Å². The highest BCUT2D eigenvalue weighted by Gasteiger charge is 2.14. The van der Waals surface area contributed by atoms with Crippen LogP contribution in [0.3, 0.4) is 0 Å². The van der Waals surface area contributed by atoms with Crippen LogP contribution in [0.4, 0.5) is 0 Å². The van der Waals surface area contributed by atoms with E-state index in [0.717, 1.165) is 18.5 Å². The van der Waals surface area contributed by atoms with Crippen LogP contribution >= 0.6 is 0 Å². The fraction of sp³-hybridized carbons (Fsp3) is 0.278. The Morgan fingerprint density at radius 2 is 1.92 bits per heavy atom. The zero-order chi connectivity index (χ0) is 17.5. The summed E-state index contributed by atoms with van der Waals surface area (Å²) in [6.45, 7) is 0.289. The quantitative estimate of drug-likeness (QED) is 0.632. The van der Waals surface area contributed by atoms with Crippen molar-refractivity contribution < 1.29 is 9.53 Å². The number of aromatic nitrogens is 5. The Balaban J connectivity index is 1.61. The smallest absolute Gasteiger partial charge is 0.217 e. The second kappa shape index (κ2) is 8.25. The largest absolute Gasteiger partial charge is 0.377 e. The maximum absolute atomic E-state index is 12.3. The van der Waals surface area contributed by atoms with Gasteiger partial charge in [0, 0.05) is 12.8 Å². The van der Waals surface area contributed by atoms with Crippen LogP contribution in [0.1, 0.15) is 33.4 Å². The zero-order valence-electron chi connectivity index (χ0n) is 14.0. The Morgan fingerprint density at radius 3 is 2.72 bits per heavy atom. The first-order chi connectivity index (χ1) is 12.2. The lowest BCUT2D eigenvalue weighted by molar-refractivity contribution is 0.0982. The molecule has 0 aliphatic heterocycles. The molecule has 0 unspecified atom stereocenters. The summed E-state index contributed by atoms with van der Waals surface area (Å²) < 4.78 is 4.95. The molecule has 25 heavy (non-hydrogen) atoms. The molecule has 7 heteroatoms. The number of benzene rings is 1. The van der Waals surface area contributed by atoms with Crippen molar-refractivity contribution in [2.24, 2.45) is 0 Å². The lowest BCUT2D eigenvalue weighted by atomic mass is 10.1. The van der Waals surface area contributed by atoms with Crippen LogP contribution in [0.2, 0.25) is 0 Å². The summed E-state index contributed by atoms with van der Waals surface area (Å²) in [6, 6.07) is 12.1. The number of aromatic amines is 1. The Bertz CT molecular complexity index is 832. The van der Waals surface area contributed by atoms with Crippen LogP contribution in [0.5, 0.6) is 0 Å². The minimum absolute atomic E-state index is 0.144. The van der Waals surface area contributed by atoms with E-state index in [2.05, 4.69) is 37.3 Å². The number of nitrogens with one attached hydrogen (secondary N) is 1. The van der Waals surface area contributed by atoms with Crippen molar-refractivity contribution in [1.29, 1.82) is 0 Å². The molecule has 0 aliphatic rings. The van der Waals surface area contributed by atoms with Crippen LogP contribution in [0.25, 0.3) is 0 Å². The Morgan fingerprint density at radius 1 is 1.12 bits per heavy atom. The van der Waals surface area contributed by atoms with Gasteiger partial charge < -0.3 is 4.74 Å². The number of Topliss-reactive ketones (excluding diaryl/α,β-unsaturated/α-hetero) is 1. The monoisotopic (exact) mass is 337 g/mol. The van der Waals surface area contributed by atoms with Crippen LogP contribution in [0.15, 0.2) is 42.7 Å². The number of methoxy groups -OCH3 is 1. The molecule has 0 radical (unpaired) electrons. The molecule has 0 bridgehead atoms. The van der Waals surface area contributed by atoms with Gasteiger partial charge >= 0.3 is 0 Å². The number of rotatable bonds is 8. The first-order valence-electron chi connectivity index (χ1n) is 8.01. The van der Waals surface area contributed by atoms with E-state index in [0.29, 0.717) is 11.5 Å². The van der Waals surface area contributed by atoms with Gasteiger partial charge in [-0.1, -0.05) is 30.3 Å². The van der Waals surface area contributed by atoms with Gasteiger partial charge in [0.1, 0.15) is 12.9 Å². The summed E-state index contributed by atoms with van der Waals surface area (Å²) in [5, 5.41) is 6.60. The second-order valence-electron chi connectivity index (χ2n) is 5.62. The molecular weight excluding hydrogens is 318 g/mol. The van der Waals surface area contributed by atoms with Crippen molar-refractivity contribution >= 4 is 5.78 Å². The molecule has 0 amide bonds. The van der Waals surface area contributed by atoms with Crippen molar-refractivity contribution in [2.75, 3.05) is 7.11 Å². The first kappa shape index (κ1) is 16.9. The highest BCUT2D eigenvalue weighted by Crippen LogP contribution is 2.08. The van der Waals surface area contributed by atoms with Gasteiger partial charge in [0.25, 0.3) is 0 Å². The predicted molar refractivity (Wildman–Crippen MR) is 91.0 cm³/mol. The lowest BCUT2D eigenvalue weighted by Gasteiger charge is -2.03. The van der Waals surface area contributed by atoms with Crippen LogP contribution in [-0.2, 0) is 30.6 Å². The molecule has 3 rings (SSSR count). The maximum Gasteiger partial charge on any atom is 0.217 e. The number of H-pyrrole nitrogens is 1. The van der Waals surface area contributed by atoms with Gasteiger partial charge in [0.05, 0.1) is 12.1 Å². The van der Waals surface area contributed by atoms with E-state index >= 15 is 0 Å². The summed E-state index contributed by atoms with van der Waals surface area (Å²) in [7, 11) is 1.56. The van der Waals surface area contributed by atoms with Gasteiger partial charge in [-0.2, -0.15) is 5.10 Å². The number of carbonyl (C=O) groups is 1. The normalized spacial score (nSPS) is 10.8. The SMILES string of the molecule is COCc1nc(C(=O)Cc2cc(CCc3ccccc3)ncn2)n[nH]1. The number of nitrogens with zero attached hydrogens (tertiary/aromatic N) is 4. The predicted octanol–water partition coefficient (Wildman–Crippen LogP) is 1.95. The van der Waals surface area contributed by atoms with Crippen molar-refractivity contribution in [3.8, 4) is 0 Å². The number of hydrogen-bond acceptors (Lipinski definition) is 6. The average molecular weight is 337 g/mol. The van der Waals surface area contributed by atoms with E-state index in [-0.39, 0.29) is 24.6 Å². The molecular formula is C18H19N5O2. The highest BCUT2D eigenvalue weighted by atomic mass is 16.5. The van der Waals surface area contributed by atoms with E-state index in [9.17, 15) is 4.79 Å². The Kier molecular flexibility index (Phi) is 5.58. The lowest BCUT2D eigenvalue weighted by Crippen LogP contribution is -2.08. The molecule has 2 aromatic heterocycles. The summed E-state index contributed by atoms with van der Waals surface area (Å²) in [5.41, 5.74) is 2.84. The third-order valence-electron chi connectivity index (χ3n) is 3.70. The van der Waals surface area contributed by atoms with Crippen LogP contribution in [0, 0.1) is 0 Å². The fourth-order valence-corrected chi connectivity index (χ4v) is 2.46. The van der Waals surface area contributed by atoms with Gasteiger partial charge in [0.15, 0.2) is 5.82 Å². The standard InChI is InChI=1S/C18H19N5O2/c1-25-11-17-21-18(23-22-17)16(24)10-15-9-14(19-12-20-15)8-7-13-5-3-2-4-6-13/h2-6,9,12H,7-8,10-11H2,1H3,(H,21,22,23). The molecule has 0 saturated heterocycles. The third-order valence-corrected chi connectivity index (χ3v) is 3.70. The third kappa shape index (κ3) is 4.77. The van der Waals surface area contributed by atoms with E-state index < -0.39 is 0 Å². The molecule has 3 aromatic rings. The van der Waals surface area contributed by atoms with E-state index in [1.165, 1.54) is 11.9 Å². The first-order valence-corrected chi connectivity index (χ1v) is 8.01. The van der Waals surface area contributed by atoms with Gasteiger partial charge in [-0.25, -0.2) is 15.0 Å². The van der Waals surface area contributed by atoms with E-state index in [4.69, 9.17) is 4.74 Å². The number of ether oxygens (including phenoxy) is 1. The van der Waals surface area contributed by atoms with Gasteiger partial charge in [-0.15, -0.1) is 0 Å². The molecule has 0 saturated carbocycles. The summed E-state index contributed by atoms with van der Waals surface area (Å²) >= 11 is 0. The molecule has 2 heterocycles. The molecule has 0 fully saturated rings. The Hall–Kier alpha value is -2.93. The van der Waals surface area contributed by atoms with E-state index in [1.807, 2.05) is 24.3 Å².